The van der Waals surface area contributed by atoms with Crippen LogP contribution in [0.15, 0.2) is 36.5 Å². The molecular weight excluding hydrogens is 328 g/mol. The minimum atomic E-state index is 1.09. The summed E-state index contributed by atoms with van der Waals surface area (Å²) in [5.41, 5.74) is 2.72. The average Bonchev–Trinajstić information content (AvgIpc) is 3.07. The van der Waals surface area contributed by atoms with Gasteiger partial charge in [-0.15, -0.1) is 0 Å². The Morgan fingerprint density at radius 1 is 0.704 bits per heavy atom. The van der Waals surface area contributed by atoms with Crippen molar-refractivity contribution < 1.29 is 0 Å². The molecule has 0 amide bonds. The number of imidazole rings is 1. The van der Waals surface area contributed by atoms with Crippen LogP contribution >= 0.6 is 0 Å². The van der Waals surface area contributed by atoms with Crippen molar-refractivity contribution in [2.45, 2.75) is 104 Å². The van der Waals surface area contributed by atoms with Gasteiger partial charge in [-0.1, -0.05) is 89.1 Å². The van der Waals surface area contributed by atoms with Crippen molar-refractivity contribution >= 4 is 0 Å². The molecule has 0 atom stereocenters. The lowest BCUT2D eigenvalue weighted by Gasteiger charge is -2.06. The SMILES string of the molecule is CCCCCCCCCCc1nc(CCCc2ccccc2)cn1CCC. The molecule has 2 aromatic rings. The van der Waals surface area contributed by atoms with Crippen LogP contribution in [0.3, 0.4) is 0 Å². The zero-order chi connectivity index (χ0) is 19.2. The first kappa shape index (κ1) is 21.7. The van der Waals surface area contributed by atoms with Crippen LogP contribution in [0.1, 0.15) is 95.1 Å². The topological polar surface area (TPSA) is 17.8 Å². The van der Waals surface area contributed by atoms with Gasteiger partial charge in [0.2, 0.25) is 0 Å². The molecule has 0 aliphatic heterocycles. The van der Waals surface area contributed by atoms with Gasteiger partial charge in [0.25, 0.3) is 0 Å². The molecule has 0 saturated heterocycles. The molecule has 0 fully saturated rings. The Hall–Kier alpha value is -1.57. The molecule has 1 aromatic carbocycles. The monoisotopic (exact) mass is 368 g/mol. The molecule has 0 radical (unpaired) electrons. The third kappa shape index (κ3) is 8.77. The molecule has 2 rings (SSSR count). The van der Waals surface area contributed by atoms with Gasteiger partial charge in [-0.3, -0.25) is 0 Å². The molecule has 0 N–H and O–H groups in total. The van der Waals surface area contributed by atoms with Gasteiger partial charge in [0.05, 0.1) is 5.69 Å². The first-order valence-corrected chi connectivity index (χ1v) is 11.4. The zero-order valence-corrected chi connectivity index (χ0v) is 17.8. The summed E-state index contributed by atoms with van der Waals surface area (Å²) in [6.45, 7) is 5.65. The van der Waals surface area contributed by atoms with Crippen molar-refractivity contribution in [1.82, 2.24) is 9.55 Å². The number of benzene rings is 1. The maximum Gasteiger partial charge on any atom is 0.108 e. The van der Waals surface area contributed by atoms with Crippen LogP contribution in [0, 0.1) is 0 Å². The second kappa shape index (κ2) is 13.6. The van der Waals surface area contributed by atoms with Crippen LogP contribution in [0.4, 0.5) is 0 Å². The lowest BCUT2D eigenvalue weighted by atomic mass is 10.1. The third-order valence-electron chi connectivity index (χ3n) is 5.37. The van der Waals surface area contributed by atoms with E-state index in [0.717, 1.165) is 25.8 Å². The van der Waals surface area contributed by atoms with E-state index in [2.05, 4.69) is 54.9 Å². The Labute approximate surface area is 167 Å². The highest BCUT2D eigenvalue weighted by Crippen LogP contribution is 2.14. The minimum Gasteiger partial charge on any atom is -0.335 e. The van der Waals surface area contributed by atoms with E-state index in [0.29, 0.717) is 0 Å². The fourth-order valence-electron chi connectivity index (χ4n) is 3.80. The van der Waals surface area contributed by atoms with Crippen molar-refractivity contribution in [2.24, 2.45) is 0 Å². The predicted octanol–water partition coefficient (Wildman–Crippen LogP) is 7.15. The summed E-state index contributed by atoms with van der Waals surface area (Å²) in [6.07, 6.45) is 19.1. The number of hydrogen-bond acceptors (Lipinski definition) is 1. The molecule has 2 nitrogen and oxygen atoms in total. The third-order valence-corrected chi connectivity index (χ3v) is 5.37. The van der Waals surface area contributed by atoms with E-state index in [4.69, 9.17) is 4.98 Å². The Bertz CT molecular complexity index is 600. The van der Waals surface area contributed by atoms with Gasteiger partial charge in [-0.25, -0.2) is 4.98 Å². The van der Waals surface area contributed by atoms with E-state index in [9.17, 15) is 0 Å². The number of aromatic nitrogens is 2. The van der Waals surface area contributed by atoms with E-state index in [-0.39, 0.29) is 0 Å². The highest BCUT2D eigenvalue weighted by Gasteiger charge is 2.07. The van der Waals surface area contributed by atoms with Gasteiger partial charge in [-0.05, 0) is 37.7 Å². The summed E-state index contributed by atoms with van der Waals surface area (Å²) in [7, 11) is 0. The van der Waals surface area contributed by atoms with Crippen LogP contribution in [0.5, 0.6) is 0 Å². The molecule has 27 heavy (non-hydrogen) atoms. The Balaban J connectivity index is 1.71. The maximum absolute atomic E-state index is 4.98. The second-order valence-electron chi connectivity index (χ2n) is 7.91. The van der Waals surface area contributed by atoms with E-state index in [1.807, 2.05) is 0 Å². The molecular formula is C25H40N2. The maximum atomic E-state index is 4.98. The Morgan fingerprint density at radius 2 is 1.41 bits per heavy atom. The smallest absolute Gasteiger partial charge is 0.108 e. The van der Waals surface area contributed by atoms with Crippen molar-refractivity contribution in [2.75, 3.05) is 0 Å². The molecule has 0 aliphatic carbocycles. The van der Waals surface area contributed by atoms with Crippen molar-refractivity contribution in [3.63, 3.8) is 0 Å². The summed E-state index contributed by atoms with van der Waals surface area (Å²) in [4.78, 5) is 4.98. The highest BCUT2D eigenvalue weighted by atomic mass is 15.1. The highest BCUT2D eigenvalue weighted by molar-refractivity contribution is 5.15. The van der Waals surface area contributed by atoms with Crippen LogP contribution in [0.25, 0.3) is 0 Å². The average molecular weight is 369 g/mol. The normalized spacial score (nSPS) is 11.2. The first-order valence-electron chi connectivity index (χ1n) is 11.4. The number of aryl methyl sites for hydroxylation is 4. The zero-order valence-electron chi connectivity index (χ0n) is 17.8. The summed E-state index contributed by atoms with van der Waals surface area (Å²) < 4.78 is 2.42. The summed E-state index contributed by atoms with van der Waals surface area (Å²) in [5.74, 6) is 1.32. The largest absolute Gasteiger partial charge is 0.335 e. The number of nitrogens with zero attached hydrogens (tertiary/aromatic N) is 2. The van der Waals surface area contributed by atoms with Crippen LogP contribution < -0.4 is 0 Å². The molecule has 2 heteroatoms. The van der Waals surface area contributed by atoms with Gasteiger partial charge in [0.1, 0.15) is 5.82 Å². The predicted molar refractivity (Wildman–Crippen MR) is 117 cm³/mol. The molecule has 0 aliphatic rings. The number of hydrogen-bond donors (Lipinski definition) is 0. The van der Waals surface area contributed by atoms with E-state index < -0.39 is 0 Å². The van der Waals surface area contributed by atoms with Gasteiger partial charge < -0.3 is 4.57 Å². The van der Waals surface area contributed by atoms with Crippen molar-refractivity contribution in [3.8, 4) is 0 Å². The molecule has 0 saturated carbocycles. The summed E-state index contributed by atoms with van der Waals surface area (Å²) in [6, 6.07) is 10.8. The fourth-order valence-corrected chi connectivity index (χ4v) is 3.80. The molecule has 0 bridgehead atoms. The van der Waals surface area contributed by atoms with Gasteiger partial charge in [0.15, 0.2) is 0 Å². The van der Waals surface area contributed by atoms with E-state index in [1.54, 1.807) is 0 Å². The van der Waals surface area contributed by atoms with Gasteiger partial charge in [0, 0.05) is 19.2 Å². The standard InChI is InChI=1S/C25H40N2/c1-3-5-6-7-8-9-10-14-20-25-26-24(22-27(25)21-4-2)19-15-18-23-16-12-11-13-17-23/h11-13,16-17,22H,3-10,14-15,18-21H2,1-2H3. The number of unbranched alkanes of at least 4 members (excludes halogenated alkanes) is 7. The second-order valence-corrected chi connectivity index (χ2v) is 7.91. The lowest BCUT2D eigenvalue weighted by Crippen LogP contribution is -2.02. The fraction of sp³-hybridized carbons (Fsp3) is 0.640. The molecule has 0 unspecified atom stereocenters. The number of rotatable bonds is 15. The Morgan fingerprint density at radius 3 is 2.11 bits per heavy atom. The first-order chi connectivity index (χ1) is 13.3. The van der Waals surface area contributed by atoms with Crippen molar-refractivity contribution in [3.05, 3.63) is 53.6 Å². The quantitative estimate of drug-likeness (QED) is 0.305. The molecule has 1 aromatic heterocycles. The van der Waals surface area contributed by atoms with Crippen LogP contribution in [-0.4, -0.2) is 9.55 Å². The molecule has 0 spiro atoms. The molecule has 150 valence electrons. The van der Waals surface area contributed by atoms with Gasteiger partial charge >= 0.3 is 0 Å². The summed E-state index contributed by atoms with van der Waals surface area (Å²) >= 11 is 0. The van der Waals surface area contributed by atoms with Crippen LogP contribution in [0.2, 0.25) is 0 Å². The molecule has 1 heterocycles. The summed E-state index contributed by atoms with van der Waals surface area (Å²) in [5, 5.41) is 0. The van der Waals surface area contributed by atoms with Crippen LogP contribution in [-0.2, 0) is 25.8 Å². The lowest BCUT2D eigenvalue weighted by molar-refractivity contribution is 0.560. The van der Waals surface area contributed by atoms with Gasteiger partial charge in [-0.2, -0.15) is 0 Å². The van der Waals surface area contributed by atoms with E-state index >= 15 is 0 Å². The van der Waals surface area contributed by atoms with Crippen molar-refractivity contribution in [1.29, 1.82) is 0 Å². The van der Waals surface area contributed by atoms with E-state index in [1.165, 1.54) is 81.3 Å². The minimum absolute atomic E-state index is 1.09. The Kier molecular flexibility index (Phi) is 10.9.